The monoisotopic (exact) mass is 175 g/mol. The molecule has 0 aliphatic carbocycles. The third-order valence-corrected chi connectivity index (χ3v) is 1.48. The average molecular weight is 176 g/mol. The molecule has 0 aliphatic heterocycles. The molecule has 0 aromatic heterocycles. The number of hydrogen-bond donors (Lipinski definition) is 0. The van der Waals surface area contributed by atoms with Crippen molar-refractivity contribution in [3.63, 3.8) is 0 Å². The summed E-state index contributed by atoms with van der Waals surface area (Å²) in [7, 11) is 1.17. The summed E-state index contributed by atoms with van der Waals surface area (Å²) >= 11 is 4.89. The topological polar surface area (TPSA) is 20.3 Å². The molecular formula is C3H4ClF2NOS. The summed E-state index contributed by atoms with van der Waals surface area (Å²) in [6.45, 7) is 0. The molecule has 0 fully saturated rings. The Kier molecular flexibility index (Phi) is 3.88. The van der Waals surface area contributed by atoms with Gasteiger partial charge in [-0.2, -0.15) is 8.78 Å². The number of amides is 1. The van der Waals surface area contributed by atoms with Gasteiger partial charge in [-0.1, -0.05) is 0 Å². The lowest BCUT2D eigenvalue weighted by atomic mass is 11.2. The Morgan fingerprint density at radius 2 is 2.22 bits per heavy atom. The summed E-state index contributed by atoms with van der Waals surface area (Å²) in [4.78, 5) is 10.0. The smallest absolute Gasteiger partial charge is 0.271 e. The predicted molar refractivity (Wildman–Crippen MR) is 32.6 cm³/mol. The maximum atomic E-state index is 11.4. The van der Waals surface area contributed by atoms with E-state index in [9.17, 15) is 13.6 Å². The van der Waals surface area contributed by atoms with E-state index in [4.69, 9.17) is 11.6 Å². The minimum Gasteiger partial charge on any atom is -0.271 e. The highest BCUT2D eigenvalue weighted by atomic mass is 35.5. The van der Waals surface area contributed by atoms with Gasteiger partial charge in [-0.3, -0.25) is 9.10 Å². The summed E-state index contributed by atoms with van der Waals surface area (Å²) in [6.07, 6.45) is 0. The molecule has 0 spiro atoms. The van der Waals surface area contributed by atoms with Crippen molar-refractivity contribution in [1.29, 1.82) is 0 Å². The Hall–Kier alpha value is -0.0300. The Labute approximate surface area is 60.3 Å². The molecule has 0 saturated heterocycles. The lowest BCUT2D eigenvalue weighted by Gasteiger charge is -2.08. The first-order valence-corrected chi connectivity index (χ1v) is 3.13. The molecule has 0 saturated carbocycles. The van der Waals surface area contributed by atoms with E-state index in [1.807, 2.05) is 0 Å². The molecule has 2 nitrogen and oxygen atoms in total. The second kappa shape index (κ2) is 3.90. The van der Waals surface area contributed by atoms with Gasteiger partial charge < -0.3 is 0 Å². The first kappa shape index (κ1) is 8.97. The fourth-order valence-electron chi connectivity index (χ4n) is 0.161. The van der Waals surface area contributed by atoms with Gasteiger partial charge in [-0.15, -0.1) is 0 Å². The van der Waals surface area contributed by atoms with Crippen LogP contribution in [-0.4, -0.2) is 22.5 Å². The van der Waals surface area contributed by atoms with Gasteiger partial charge in [0.1, 0.15) is 0 Å². The van der Waals surface area contributed by atoms with Crippen molar-refractivity contribution in [2.24, 2.45) is 0 Å². The SMILES string of the molecule is CN(SC(F)F)C(=O)Cl. The standard InChI is InChI=1S/C3H4ClF2NOS/c1-7(2(4)8)9-3(5)6/h3H,1H3. The summed E-state index contributed by atoms with van der Waals surface area (Å²) in [5.74, 6) is -2.60. The van der Waals surface area contributed by atoms with Crippen LogP contribution >= 0.6 is 23.5 Å². The molecule has 0 heterocycles. The van der Waals surface area contributed by atoms with Crippen LogP contribution < -0.4 is 0 Å². The van der Waals surface area contributed by atoms with Crippen LogP contribution in [0.2, 0.25) is 0 Å². The third kappa shape index (κ3) is 4.47. The maximum Gasteiger partial charge on any atom is 0.326 e. The van der Waals surface area contributed by atoms with Gasteiger partial charge in [-0.05, 0) is 11.6 Å². The van der Waals surface area contributed by atoms with Crippen LogP contribution in [-0.2, 0) is 0 Å². The van der Waals surface area contributed by atoms with E-state index in [0.29, 0.717) is 4.31 Å². The van der Waals surface area contributed by atoms with Crippen molar-refractivity contribution in [3.8, 4) is 0 Å². The number of carbonyl (C=O) groups excluding carboxylic acids is 1. The highest BCUT2D eigenvalue weighted by molar-refractivity contribution is 7.97. The summed E-state index contributed by atoms with van der Waals surface area (Å²) in [5, 5.41) is -0.902. The summed E-state index contributed by atoms with van der Waals surface area (Å²) in [6, 6.07) is 0. The molecule has 0 bridgehead atoms. The number of carbonyl (C=O) groups is 1. The number of nitrogens with zero attached hydrogens (tertiary/aromatic N) is 1. The minimum absolute atomic E-state index is 0.0810. The van der Waals surface area contributed by atoms with Gasteiger partial charge in [0.15, 0.2) is 0 Å². The Bertz CT molecular complexity index is 112. The van der Waals surface area contributed by atoms with Crippen LogP contribution in [0.3, 0.4) is 0 Å². The highest BCUT2D eigenvalue weighted by Crippen LogP contribution is 2.18. The normalized spacial score (nSPS) is 9.89. The highest BCUT2D eigenvalue weighted by Gasteiger charge is 2.11. The third-order valence-electron chi connectivity index (χ3n) is 0.485. The van der Waals surface area contributed by atoms with Crippen LogP contribution in [0.5, 0.6) is 0 Å². The molecule has 6 heteroatoms. The first-order valence-electron chi connectivity index (χ1n) is 1.92. The Balaban J connectivity index is 3.50. The fourth-order valence-corrected chi connectivity index (χ4v) is 0.602. The molecule has 0 rings (SSSR count). The Morgan fingerprint density at radius 3 is 2.33 bits per heavy atom. The first-order chi connectivity index (χ1) is 4.04. The van der Waals surface area contributed by atoms with E-state index in [-0.39, 0.29) is 11.9 Å². The lowest BCUT2D eigenvalue weighted by Crippen LogP contribution is -2.13. The predicted octanol–water partition coefficient (Wildman–Crippen LogP) is 2.15. The van der Waals surface area contributed by atoms with Crippen molar-refractivity contribution < 1.29 is 13.6 Å². The van der Waals surface area contributed by atoms with Crippen molar-refractivity contribution in [2.75, 3.05) is 7.05 Å². The molecule has 0 aliphatic rings. The largest absolute Gasteiger partial charge is 0.326 e. The van der Waals surface area contributed by atoms with E-state index in [2.05, 4.69) is 0 Å². The van der Waals surface area contributed by atoms with E-state index in [1.54, 1.807) is 0 Å². The molecule has 0 radical (unpaired) electrons. The van der Waals surface area contributed by atoms with Gasteiger partial charge in [0.2, 0.25) is 0 Å². The maximum absolute atomic E-state index is 11.4. The van der Waals surface area contributed by atoms with Gasteiger partial charge in [0.05, 0.1) is 0 Å². The molecule has 0 N–H and O–H groups in total. The number of hydrogen-bond acceptors (Lipinski definition) is 2. The van der Waals surface area contributed by atoms with Crippen molar-refractivity contribution >= 4 is 28.9 Å². The lowest BCUT2D eigenvalue weighted by molar-refractivity contribution is 0.237. The zero-order valence-electron chi connectivity index (χ0n) is 4.47. The van der Waals surface area contributed by atoms with E-state index >= 15 is 0 Å². The molecule has 0 aromatic carbocycles. The molecule has 0 aromatic rings. The van der Waals surface area contributed by atoms with Crippen molar-refractivity contribution in [2.45, 2.75) is 5.76 Å². The second-order valence-corrected chi connectivity index (χ2v) is 2.55. The van der Waals surface area contributed by atoms with Gasteiger partial charge >= 0.3 is 11.1 Å². The molecule has 0 unspecified atom stereocenters. The Morgan fingerprint density at radius 1 is 1.78 bits per heavy atom. The van der Waals surface area contributed by atoms with E-state index in [0.717, 1.165) is 0 Å². The van der Waals surface area contributed by atoms with Gasteiger partial charge in [0.25, 0.3) is 0 Å². The molecule has 54 valence electrons. The van der Waals surface area contributed by atoms with Crippen molar-refractivity contribution in [3.05, 3.63) is 0 Å². The van der Waals surface area contributed by atoms with Gasteiger partial charge in [0, 0.05) is 19.0 Å². The quantitative estimate of drug-likeness (QED) is 0.364. The summed E-state index contributed by atoms with van der Waals surface area (Å²) in [5.41, 5.74) is 0. The number of rotatable bonds is 2. The second-order valence-electron chi connectivity index (χ2n) is 1.12. The molecule has 0 atom stereocenters. The van der Waals surface area contributed by atoms with Crippen LogP contribution in [0, 0.1) is 0 Å². The van der Waals surface area contributed by atoms with Crippen LogP contribution in [0.25, 0.3) is 0 Å². The van der Waals surface area contributed by atoms with E-state index < -0.39 is 11.1 Å². The fraction of sp³-hybridized carbons (Fsp3) is 0.667. The minimum atomic E-state index is -2.60. The zero-order chi connectivity index (χ0) is 7.44. The van der Waals surface area contributed by atoms with Crippen LogP contribution in [0.4, 0.5) is 13.6 Å². The van der Waals surface area contributed by atoms with Crippen molar-refractivity contribution in [1.82, 2.24) is 4.31 Å². The summed E-state index contributed by atoms with van der Waals surface area (Å²) < 4.78 is 23.4. The molecule has 9 heavy (non-hydrogen) atoms. The zero-order valence-corrected chi connectivity index (χ0v) is 6.05. The molecular weight excluding hydrogens is 172 g/mol. The van der Waals surface area contributed by atoms with E-state index in [1.165, 1.54) is 7.05 Å². The average Bonchev–Trinajstić information content (AvgIpc) is 1.63. The van der Waals surface area contributed by atoms with Crippen LogP contribution in [0.1, 0.15) is 0 Å². The number of halogens is 3. The van der Waals surface area contributed by atoms with Gasteiger partial charge in [-0.25, -0.2) is 0 Å². The number of alkyl halides is 2. The van der Waals surface area contributed by atoms with Crippen LogP contribution in [0.15, 0.2) is 0 Å². The molecule has 1 amide bonds.